The summed E-state index contributed by atoms with van der Waals surface area (Å²) in [4.78, 5) is 21.6. The molecule has 2 unspecified atom stereocenters. The SMILES string of the molecule is CC(=O)C1CC=CC1(C)CC=O. The highest BCUT2D eigenvalue weighted by atomic mass is 16.1. The summed E-state index contributed by atoms with van der Waals surface area (Å²) in [7, 11) is 0. The molecule has 0 aromatic heterocycles. The van der Waals surface area contributed by atoms with Crippen molar-refractivity contribution in [1.29, 1.82) is 0 Å². The van der Waals surface area contributed by atoms with Crippen LogP contribution in [0.1, 0.15) is 26.7 Å². The lowest BCUT2D eigenvalue weighted by atomic mass is 9.76. The summed E-state index contributed by atoms with van der Waals surface area (Å²) in [5, 5.41) is 0. The van der Waals surface area contributed by atoms with Crippen LogP contribution in [0, 0.1) is 11.3 Å². The lowest BCUT2D eigenvalue weighted by Gasteiger charge is -2.26. The van der Waals surface area contributed by atoms with Gasteiger partial charge in [-0.3, -0.25) is 4.79 Å². The van der Waals surface area contributed by atoms with Crippen LogP contribution in [0.4, 0.5) is 0 Å². The molecule has 0 aliphatic heterocycles. The van der Waals surface area contributed by atoms with Crippen molar-refractivity contribution >= 4 is 12.1 Å². The van der Waals surface area contributed by atoms with Gasteiger partial charge in [-0.05, 0) is 13.3 Å². The molecule has 0 aromatic carbocycles. The van der Waals surface area contributed by atoms with E-state index in [2.05, 4.69) is 0 Å². The number of hydrogen-bond acceptors (Lipinski definition) is 2. The van der Waals surface area contributed by atoms with Crippen LogP contribution in [0.15, 0.2) is 12.2 Å². The minimum Gasteiger partial charge on any atom is -0.303 e. The van der Waals surface area contributed by atoms with E-state index in [9.17, 15) is 9.59 Å². The standard InChI is InChI=1S/C10H14O2/c1-8(12)9-4-3-5-10(9,2)6-7-11/h3,5,7,9H,4,6H2,1-2H3. The van der Waals surface area contributed by atoms with Gasteiger partial charge >= 0.3 is 0 Å². The van der Waals surface area contributed by atoms with Crippen LogP contribution in [0.3, 0.4) is 0 Å². The normalized spacial score (nSPS) is 33.7. The number of rotatable bonds is 3. The van der Waals surface area contributed by atoms with E-state index in [4.69, 9.17) is 0 Å². The van der Waals surface area contributed by atoms with Crippen LogP contribution >= 0.6 is 0 Å². The summed E-state index contributed by atoms with van der Waals surface area (Å²) in [5.74, 6) is 0.201. The molecular weight excluding hydrogens is 152 g/mol. The first-order valence-corrected chi connectivity index (χ1v) is 4.22. The Morgan fingerprint density at radius 2 is 2.42 bits per heavy atom. The average molecular weight is 166 g/mol. The number of carbonyl (C=O) groups excluding carboxylic acids is 2. The topological polar surface area (TPSA) is 34.1 Å². The zero-order valence-electron chi connectivity index (χ0n) is 7.54. The van der Waals surface area contributed by atoms with Crippen molar-refractivity contribution in [2.45, 2.75) is 26.7 Å². The fourth-order valence-electron chi connectivity index (χ4n) is 1.88. The van der Waals surface area contributed by atoms with Gasteiger partial charge in [-0.2, -0.15) is 0 Å². The van der Waals surface area contributed by atoms with Gasteiger partial charge in [0, 0.05) is 17.8 Å². The van der Waals surface area contributed by atoms with Gasteiger partial charge in [-0.1, -0.05) is 19.1 Å². The molecule has 0 spiro atoms. The van der Waals surface area contributed by atoms with Crippen molar-refractivity contribution in [3.63, 3.8) is 0 Å². The summed E-state index contributed by atoms with van der Waals surface area (Å²) in [6.45, 7) is 3.57. The number of Topliss-reactive ketones (excluding diaryl/α,β-unsaturated/α-hetero) is 1. The van der Waals surface area contributed by atoms with Crippen LogP contribution in [-0.2, 0) is 9.59 Å². The third-order valence-corrected chi connectivity index (χ3v) is 2.68. The third kappa shape index (κ3) is 1.47. The fraction of sp³-hybridized carbons (Fsp3) is 0.600. The van der Waals surface area contributed by atoms with Gasteiger partial charge in [0.1, 0.15) is 12.1 Å². The average Bonchev–Trinajstić information content (AvgIpc) is 2.32. The minimum atomic E-state index is -0.215. The molecule has 0 fully saturated rings. The molecule has 0 N–H and O–H groups in total. The Morgan fingerprint density at radius 3 is 2.92 bits per heavy atom. The molecule has 2 nitrogen and oxygen atoms in total. The third-order valence-electron chi connectivity index (χ3n) is 2.68. The molecule has 1 aliphatic rings. The monoisotopic (exact) mass is 166 g/mol. The zero-order valence-corrected chi connectivity index (χ0v) is 7.54. The maximum atomic E-state index is 11.2. The van der Waals surface area contributed by atoms with Crippen molar-refractivity contribution in [2.75, 3.05) is 0 Å². The second-order valence-corrected chi connectivity index (χ2v) is 3.68. The summed E-state index contributed by atoms with van der Waals surface area (Å²) in [5.41, 5.74) is -0.215. The highest BCUT2D eigenvalue weighted by Gasteiger charge is 2.37. The first kappa shape index (κ1) is 9.17. The fourth-order valence-corrected chi connectivity index (χ4v) is 1.88. The van der Waals surface area contributed by atoms with E-state index in [-0.39, 0.29) is 17.1 Å². The van der Waals surface area contributed by atoms with E-state index in [0.29, 0.717) is 6.42 Å². The number of allylic oxidation sites excluding steroid dienone is 2. The predicted octanol–water partition coefficient (Wildman–Crippen LogP) is 1.75. The van der Waals surface area contributed by atoms with Gasteiger partial charge < -0.3 is 4.79 Å². The Balaban J connectivity index is 2.79. The summed E-state index contributed by atoms with van der Waals surface area (Å²) < 4.78 is 0. The second-order valence-electron chi connectivity index (χ2n) is 3.68. The quantitative estimate of drug-likeness (QED) is 0.473. The molecule has 0 heterocycles. The molecule has 1 rings (SSSR count). The van der Waals surface area contributed by atoms with E-state index >= 15 is 0 Å². The molecule has 0 saturated carbocycles. The number of ketones is 1. The Morgan fingerprint density at radius 1 is 1.75 bits per heavy atom. The van der Waals surface area contributed by atoms with E-state index in [1.165, 1.54) is 0 Å². The minimum absolute atomic E-state index is 0.0164. The van der Waals surface area contributed by atoms with E-state index in [1.54, 1.807) is 6.92 Å². The first-order chi connectivity index (χ1) is 5.60. The largest absolute Gasteiger partial charge is 0.303 e. The van der Waals surface area contributed by atoms with Gasteiger partial charge in [-0.25, -0.2) is 0 Å². The first-order valence-electron chi connectivity index (χ1n) is 4.22. The maximum absolute atomic E-state index is 11.2. The van der Waals surface area contributed by atoms with E-state index in [0.717, 1.165) is 12.7 Å². The van der Waals surface area contributed by atoms with Gasteiger partial charge in [0.15, 0.2) is 0 Å². The molecule has 2 atom stereocenters. The molecule has 0 aromatic rings. The molecule has 1 aliphatic carbocycles. The van der Waals surface area contributed by atoms with E-state index < -0.39 is 0 Å². The Kier molecular flexibility index (Phi) is 2.46. The smallest absolute Gasteiger partial charge is 0.134 e. The highest BCUT2D eigenvalue weighted by molar-refractivity contribution is 5.80. The van der Waals surface area contributed by atoms with Crippen LogP contribution in [0.2, 0.25) is 0 Å². The summed E-state index contributed by atoms with van der Waals surface area (Å²) >= 11 is 0. The van der Waals surface area contributed by atoms with Crippen LogP contribution in [0.25, 0.3) is 0 Å². The van der Waals surface area contributed by atoms with Crippen molar-refractivity contribution in [2.24, 2.45) is 11.3 Å². The van der Waals surface area contributed by atoms with Crippen LogP contribution in [0.5, 0.6) is 0 Å². The molecule has 0 saturated heterocycles. The maximum Gasteiger partial charge on any atom is 0.134 e. The molecular formula is C10H14O2. The second kappa shape index (κ2) is 3.21. The number of aldehydes is 1. The van der Waals surface area contributed by atoms with Gasteiger partial charge in [0.25, 0.3) is 0 Å². The van der Waals surface area contributed by atoms with Crippen molar-refractivity contribution in [3.05, 3.63) is 12.2 Å². The van der Waals surface area contributed by atoms with Gasteiger partial charge in [0.2, 0.25) is 0 Å². The highest BCUT2D eigenvalue weighted by Crippen LogP contribution is 2.40. The van der Waals surface area contributed by atoms with Crippen LogP contribution in [-0.4, -0.2) is 12.1 Å². The number of carbonyl (C=O) groups is 2. The summed E-state index contributed by atoms with van der Waals surface area (Å²) in [6, 6.07) is 0. The predicted molar refractivity (Wildman–Crippen MR) is 46.7 cm³/mol. The molecule has 66 valence electrons. The van der Waals surface area contributed by atoms with Crippen molar-refractivity contribution < 1.29 is 9.59 Å². The zero-order chi connectivity index (χ0) is 9.19. The lowest BCUT2D eigenvalue weighted by Crippen LogP contribution is -2.27. The molecule has 0 bridgehead atoms. The van der Waals surface area contributed by atoms with Crippen LogP contribution < -0.4 is 0 Å². The molecule has 12 heavy (non-hydrogen) atoms. The molecule has 0 radical (unpaired) electrons. The molecule has 2 heteroatoms. The Hall–Kier alpha value is -0.920. The number of hydrogen-bond donors (Lipinski definition) is 0. The molecule has 0 amide bonds. The van der Waals surface area contributed by atoms with Crippen molar-refractivity contribution in [1.82, 2.24) is 0 Å². The summed E-state index contributed by atoms with van der Waals surface area (Å²) in [6.07, 6.45) is 6.13. The lowest BCUT2D eigenvalue weighted by molar-refractivity contribution is -0.123. The van der Waals surface area contributed by atoms with Crippen molar-refractivity contribution in [3.8, 4) is 0 Å². The van der Waals surface area contributed by atoms with Gasteiger partial charge in [0.05, 0.1) is 0 Å². The Bertz CT molecular complexity index is 230. The van der Waals surface area contributed by atoms with Gasteiger partial charge in [-0.15, -0.1) is 0 Å². The Labute approximate surface area is 72.7 Å². The van der Waals surface area contributed by atoms with E-state index in [1.807, 2.05) is 19.1 Å².